The van der Waals surface area contributed by atoms with E-state index in [1.165, 1.54) is 18.4 Å². The number of carbonyl (C=O) groups excluding carboxylic acids is 1. The van der Waals surface area contributed by atoms with Crippen molar-refractivity contribution in [3.63, 3.8) is 0 Å². The third-order valence-corrected chi connectivity index (χ3v) is 5.26. The highest BCUT2D eigenvalue weighted by atomic mass is 16.4. The Kier molecular flexibility index (Phi) is 3.81. The first kappa shape index (κ1) is 13.7. The van der Waals surface area contributed by atoms with Gasteiger partial charge in [0.05, 0.1) is 11.1 Å². The Balaban J connectivity index is 2.03. The zero-order valence-corrected chi connectivity index (χ0v) is 12.1. The quantitative estimate of drug-likeness (QED) is 0.525. The average molecular weight is 276 g/mol. The molecule has 2 aliphatic carbocycles. The average Bonchev–Trinajstić information content (AvgIpc) is 2.60. The smallest absolute Gasteiger partial charge is 0.234 e. The number of nitrogens with one attached hydrogen (secondary N) is 1. The predicted molar refractivity (Wildman–Crippen MR) is 77.6 cm³/mol. The molecule has 1 heterocycles. The number of amides is 1. The van der Waals surface area contributed by atoms with Crippen molar-refractivity contribution < 1.29 is 10.0 Å². The fourth-order valence-corrected chi connectivity index (χ4v) is 4.15. The molecule has 1 aliphatic heterocycles. The van der Waals surface area contributed by atoms with E-state index in [0.29, 0.717) is 5.71 Å². The fraction of sp³-hybridized carbons (Fsp3) is 0.750. The molecule has 2 N–H and O–H groups in total. The number of rotatable bonds is 0. The normalized spacial score (nSPS) is 28.8. The van der Waals surface area contributed by atoms with Gasteiger partial charge in [-0.1, -0.05) is 37.3 Å². The molecule has 1 spiro atoms. The maximum Gasteiger partial charge on any atom is 0.234 e. The maximum absolute atomic E-state index is 12.7. The van der Waals surface area contributed by atoms with Gasteiger partial charge in [0, 0.05) is 0 Å². The second kappa shape index (κ2) is 5.58. The Morgan fingerprint density at radius 3 is 2.30 bits per heavy atom. The summed E-state index contributed by atoms with van der Waals surface area (Å²) in [6, 6.07) is 0. The van der Waals surface area contributed by atoms with Crippen LogP contribution in [-0.2, 0) is 4.79 Å². The van der Waals surface area contributed by atoms with Crippen molar-refractivity contribution in [2.45, 2.75) is 70.6 Å². The molecule has 0 unspecified atom stereocenters. The van der Waals surface area contributed by atoms with Gasteiger partial charge in [0.25, 0.3) is 0 Å². The monoisotopic (exact) mass is 276 g/mol. The van der Waals surface area contributed by atoms with Gasteiger partial charge < -0.3 is 10.5 Å². The highest BCUT2D eigenvalue weighted by Crippen LogP contribution is 2.48. The van der Waals surface area contributed by atoms with E-state index in [1.54, 1.807) is 0 Å². The Hall–Kier alpha value is -1.32. The SMILES string of the molecule is O=C1NC2=C(CCCCC/C2=N/O)C12CCCCCC2. The van der Waals surface area contributed by atoms with Crippen molar-refractivity contribution in [2.24, 2.45) is 10.6 Å². The van der Waals surface area contributed by atoms with Crippen molar-refractivity contribution in [3.05, 3.63) is 11.3 Å². The molecule has 1 amide bonds. The zero-order valence-electron chi connectivity index (χ0n) is 12.1. The molecule has 0 aromatic heterocycles. The van der Waals surface area contributed by atoms with Crippen LogP contribution < -0.4 is 5.32 Å². The van der Waals surface area contributed by atoms with Gasteiger partial charge in [-0.05, 0) is 44.1 Å². The lowest BCUT2D eigenvalue weighted by molar-refractivity contribution is -0.127. The van der Waals surface area contributed by atoms with Crippen LogP contribution in [0.25, 0.3) is 0 Å². The Labute approximate surface area is 120 Å². The molecule has 0 atom stereocenters. The Morgan fingerprint density at radius 2 is 1.60 bits per heavy atom. The van der Waals surface area contributed by atoms with Crippen molar-refractivity contribution in [2.75, 3.05) is 0 Å². The lowest BCUT2D eigenvalue weighted by Gasteiger charge is -2.29. The lowest BCUT2D eigenvalue weighted by Crippen LogP contribution is -2.34. The number of oxime groups is 1. The van der Waals surface area contributed by atoms with E-state index >= 15 is 0 Å². The number of nitrogens with zero attached hydrogens (tertiary/aromatic N) is 1. The molecular weight excluding hydrogens is 252 g/mol. The summed E-state index contributed by atoms with van der Waals surface area (Å²) in [5.74, 6) is 0.160. The molecule has 0 saturated heterocycles. The maximum atomic E-state index is 12.7. The number of carbonyl (C=O) groups is 1. The third-order valence-electron chi connectivity index (χ3n) is 5.26. The molecule has 0 aromatic carbocycles. The van der Waals surface area contributed by atoms with E-state index in [9.17, 15) is 10.0 Å². The summed E-state index contributed by atoms with van der Waals surface area (Å²) in [5.41, 5.74) is 2.50. The minimum absolute atomic E-state index is 0.160. The van der Waals surface area contributed by atoms with E-state index < -0.39 is 0 Å². The van der Waals surface area contributed by atoms with Crippen LogP contribution in [0.5, 0.6) is 0 Å². The minimum Gasteiger partial charge on any atom is -0.411 e. The molecule has 1 saturated carbocycles. The molecule has 4 heteroatoms. The van der Waals surface area contributed by atoms with E-state index in [0.717, 1.165) is 63.5 Å². The summed E-state index contributed by atoms with van der Waals surface area (Å²) in [6.07, 6.45) is 11.8. The van der Waals surface area contributed by atoms with Crippen molar-refractivity contribution >= 4 is 11.6 Å². The number of hydrogen-bond donors (Lipinski definition) is 2. The standard InChI is InChI=1S/C16H24N2O2/c19-15-16(10-6-1-2-7-11-16)12-8-4-3-5-9-13(18-20)14(12)17-15/h20H,1-11H2,(H,17,19)/b18-13-. The molecule has 20 heavy (non-hydrogen) atoms. The Morgan fingerprint density at radius 1 is 0.950 bits per heavy atom. The molecule has 0 aromatic rings. The Bertz CT molecular complexity index is 457. The first-order valence-corrected chi connectivity index (χ1v) is 8.04. The molecule has 4 nitrogen and oxygen atoms in total. The minimum atomic E-state index is -0.293. The third kappa shape index (κ3) is 2.15. The summed E-state index contributed by atoms with van der Waals surface area (Å²) in [4.78, 5) is 12.7. The van der Waals surface area contributed by atoms with Crippen molar-refractivity contribution in [1.29, 1.82) is 0 Å². The van der Waals surface area contributed by atoms with Gasteiger partial charge in [-0.2, -0.15) is 0 Å². The summed E-state index contributed by atoms with van der Waals surface area (Å²) >= 11 is 0. The fourth-order valence-electron chi connectivity index (χ4n) is 4.15. The van der Waals surface area contributed by atoms with E-state index in [4.69, 9.17) is 0 Å². The van der Waals surface area contributed by atoms with E-state index in [-0.39, 0.29) is 11.3 Å². The molecule has 110 valence electrons. The molecular formula is C16H24N2O2. The van der Waals surface area contributed by atoms with Crippen LogP contribution in [0.3, 0.4) is 0 Å². The first-order valence-electron chi connectivity index (χ1n) is 8.04. The highest BCUT2D eigenvalue weighted by molar-refractivity contribution is 6.08. The van der Waals surface area contributed by atoms with Crippen LogP contribution in [-0.4, -0.2) is 16.8 Å². The van der Waals surface area contributed by atoms with Gasteiger partial charge in [-0.25, -0.2) is 0 Å². The van der Waals surface area contributed by atoms with Crippen LogP contribution in [0.1, 0.15) is 70.6 Å². The number of allylic oxidation sites excluding steroid dienone is 1. The van der Waals surface area contributed by atoms with Gasteiger partial charge in [-0.3, -0.25) is 4.79 Å². The largest absolute Gasteiger partial charge is 0.411 e. The van der Waals surface area contributed by atoms with Gasteiger partial charge in [-0.15, -0.1) is 0 Å². The first-order chi connectivity index (χ1) is 9.78. The summed E-state index contributed by atoms with van der Waals surface area (Å²) < 4.78 is 0. The second-order valence-corrected chi connectivity index (χ2v) is 6.41. The van der Waals surface area contributed by atoms with Crippen LogP contribution in [0.2, 0.25) is 0 Å². The van der Waals surface area contributed by atoms with Gasteiger partial charge in [0.15, 0.2) is 0 Å². The van der Waals surface area contributed by atoms with E-state index in [2.05, 4.69) is 10.5 Å². The molecule has 0 radical (unpaired) electrons. The number of fused-ring (bicyclic) bond motifs is 1. The van der Waals surface area contributed by atoms with Crippen molar-refractivity contribution in [3.8, 4) is 0 Å². The molecule has 3 aliphatic rings. The van der Waals surface area contributed by atoms with Gasteiger partial charge >= 0.3 is 0 Å². The van der Waals surface area contributed by atoms with Gasteiger partial charge in [0.1, 0.15) is 5.71 Å². The second-order valence-electron chi connectivity index (χ2n) is 6.41. The molecule has 1 fully saturated rings. The highest BCUT2D eigenvalue weighted by Gasteiger charge is 2.48. The van der Waals surface area contributed by atoms with Crippen LogP contribution in [0.4, 0.5) is 0 Å². The topological polar surface area (TPSA) is 61.7 Å². The lowest BCUT2D eigenvalue weighted by atomic mass is 9.72. The van der Waals surface area contributed by atoms with Crippen LogP contribution >= 0.6 is 0 Å². The summed E-state index contributed by atoms with van der Waals surface area (Å²) in [5, 5.41) is 15.8. The molecule has 0 bridgehead atoms. The van der Waals surface area contributed by atoms with Crippen molar-refractivity contribution in [1.82, 2.24) is 5.32 Å². The van der Waals surface area contributed by atoms with E-state index in [1.807, 2.05) is 0 Å². The van der Waals surface area contributed by atoms with Gasteiger partial charge in [0.2, 0.25) is 5.91 Å². The predicted octanol–water partition coefficient (Wildman–Crippen LogP) is 3.51. The van der Waals surface area contributed by atoms with Crippen LogP contribution in [0.15, 0.2) is 16.4 Å². The summed E-state index contributed by atoms with van der Waals surface area (Å²) in [7, 11) is 0. The summed E-state index contributed by atoms with van der Waals surface area (Å²) in [6.45, 7) is 0. The number of hydrogen-bond acceptors (Lipinski definition) is 3. The zero-order chi connectivity index (χ0) is 14.0. The molecule has 3 rings (SSSR count). The van der Waals surface area contributed by atoms with Crippen LogP contribution in [0, 0.1) is 5.41 Å².